The quantitative estimate of drug-likeness (QED) is 0.527. The third kappa shape index (κ3) is 3.25. The molecule has 0 heterocycles. The van der Waals surface area contributed by atoms with Gasteiger partial charge in [0.15, 0.2) is 5.78 Å². The second-order valence-electron chi connectivity index (χ2n) is 10.5. The first-order valence-electron chi connectivity index (χ1n) is 12.0. The highest BCUT2D eigenvalue weighted by Gasteiger charge is 2.58. The molecule has 4 aliphatic rings. The van der Waals surface area contributed by atoms with Crippen LogP contribution in [0.4, 0.5) is 0 Å². The number of benzene rings is 2. The predicted molar refractivity (Wildman–Crippen MR) is 127 cm³/mol. The lowest BCUT2D eigenvalue weighted by molar-refractivity contribution is -0.131. The van der Waals surface area contributed by atoms with E-state index in [0.717, 1.165) is 42.9 Å². The molecular formula is C29H32O3. The van der Waals surface area contributed by atoms with Gasteiger partial charge in [0, 0.05) is 22.6 Å². The molecule has 1 N–H and O–H groups in total. The molecule has 0 amide bonds. The first kappa shape index (κ1) is 21.2. The summed E-state index contributed by atoms with van der Waals surface area (Å²) in [5.41, 5.74) is 1.35. The highest BCUT2D eigenvalue weighted by Crippen LogP contribution is 2.63. The molecule has 5 atom stereocenters. The normalized spacial score (nSPS) is 35.3. The van der Waals surface area contributed by atoms with Crippen LogP contribution in [0, 0.1) is 28.6 Å². The van der Waals surface area contributed by atoms with Gasteiger partial charge in [0.1, 0.15) is 11.5 Å². The van der Waals surface area contributed by atoms with Gasteiger partial charge in [-0.1, -0.05) is 61.9 Å². The van der Waals surface area contributed by atoms with Gasteiger partial charge in [0.05, 0.1) is 0 Å². The van der Waals surface area contributed by atoms with Crippen molar-refractivity contribution in [3.05, 3.63) is 66.3 Å². The molecule has 2 aromatic rings. The summed E-state index contributed by atoms with van der Waals surface area (Å²) in [6.45, 7) is 4.54. The number of rotatable bonds is 0. The van der Waals surface area contributed by atoms with E-state index in [-0.39, 0.29) is 16.6 Å². The Morgan fingerprint density at radius 1 is 0.906 bits per heavy atom. The van der Waals surface area contributed by atoms with Gasteiger partial charge in [-0.2, -0.15) is 0 Å². The van der Waals surface area contributed by atoms with Crippen molar-refractivity contribution in [2.24, 2.45) is 28.6 Å². The van der Waals surface area contributed by atoms with Gasteiger partial charge in [-0.3, -0.25) is 9.59 Å². The topological polar surface area (TPSA) is 54.4 Å². The van der Waals surface area contributed by atoms with Crippen LogP contribution in [0.25, 0.3) is 10.8 Å². The smallest absolute Gasteiger partial charge is 0.178 e. The summed E-state index contributed by atoms with van der Waals surface area (Å²) >= 11 is 0. The van der Waals surface area contributed by atoms with Crippen molar-refractivity contribution in [2.45, 2.75) is 52.4 Å². The van der Waals surface area contributed by atoms with Gasteiger partial charge in [0.25, 0.3) is 0 Å². The van der Waals surface area contributed by atoms with Gasteiger partial charge in [-0.25, -0.2) is 0 Å². The zero-order chi connectivity index (χ0) is 22.5. The summed E-state index contributed by atoms with van der Waals surface area (Å²) in [6, 6.07) is 13.3. The van der Waals surface area contributed by atoms with Crippen LogP contribution in [-0.2, 0) is 9.59 Å². The van der Waals surface area contributed by atoms with E-state index in [4.69, 9.17) is 0 Å². The minimum absolute atomic E-state index is 0.0487. The van der Waals surface area contributed by atoms with Crippen molar-refractivity contribution >= 4 is 22.3 Å². The molecular weight excluding hydrogens is 396 g/mol. The molecule has 0 saturated heterocycles. The van der Waals surface area contributed by atoms with Gasteiger partial charge in [-0.05, 0) is 73.5 Å². The first-order chi connectivity index (χ1) is 15.3. The molecule has 4 aliphatic carbocycles. The van der Waals surface area contributed by atoms with Crippen LogP contribution >= 0.6 is 0 Å². The lowest BCUT2D eigenvalue weighted by atomic mass is 9.48. The van der Waals surface area contributed by atoms with Gasteiger partial charge < -0.3 is 5.11 Å². The zero-order valence-corrected chi connectivity index (χ0v) is 19.0. The van der Waals surface area contributed by atoms with E-state index >= 15 is 0 Å². The number of carbonyl (C=O) groups excluding carboxylic acids is 2. The highest BCUT2D eigenvalue weighted by molar-refractivity contribution is 6.01. The van der Waals surface area contributed by atoms with Crippen molar-refractivity contribution in [1.29, 1.82) is 0 Å². The number of Topliss-reactive ketones (excluding diaryl/α,β-unsaturated/α-hetero) is 1. The third-order valence-electron chi connectivity index (χ3n) is 9.03. The fraction of sp³-hybridized carbons (Fsp3) is 0.448. The Labute approximate surface area is 190 Å². The maximum atomic E-state index is 12.3. The Morgan fingerprint density at radius 3 is 2.50 bits per heavy atom. The molecule has 32 heavy (non-hydrogen) atoms. The summed E-state index contributed by atoms with van der Waals surface area (Å²) in [5.74, 6) is 2.86. The summed E-state index contributed by atoms with van der Waals surface area (Å²) in [7, 11) is 0. The number of hydrogen-bond donors (Lipinski definition) is 1. The van der Waals surface area contributed by atoms with E-state index in [0.29, 0.717) is 29.3 Å². The molecule has 2 aromatic carbocycles. The van der Waals surface area contributed by atoms with E-state index < -0.39 is 0 Å². The Kier molecular flexibility index (Phi) is 5.11. The van der Waals surface area contributed by atoms with Gasteiger partial charge >= 0.3 is 0 Å². The number of fused-ring (bicyclic) bond motifs is 6. The molecule has 0 aromatic heterocycles. The van der Waals surface area contributed by atoms with Crippen LogP contribution < -0.4 is 0 Å². The summed E-state index contributed by atoms with van der Waals surface area (Å²) in [4.78, 5) is 24.0. The summed E-state index contributed by atoms with van der Waals surface area (Å²) in [5, 5.41) is 11.4. The Bertz CT molecular complexity index is 1140. The lowest BCUT2D eigenvalue weighted by Crippen LogP contribution is -2.49. The van der Waals surface area contributed by atoms with Crippen LogP contribution in [-0.4, -0.2) is 16.7 Å². The van der Waals surface area contributed by atoms with Gasteiger partial charge in [-0.15, -0.1) is 0 Å². The molecule has 0 unspecified atom stereocenters. The van der Waals surface area contributed by atoms with E-state index in [2.05, 4.69) is 19.9 Å². The Morgan fingerprint density at radius 2 is 1.69 bits per heavy atom. The van der Waals surface area contributed by atoms with Crippen molar-refractivity contribution in [1.82, 2.24) is 0 Å². The second kappa shape index (κ2) is 7.72. The average Bonchev–Trinajstić information content (AvgIpc) is 3.10. The van der Waals surface area contributed by atoms with E-state index in [1.54, 1.807) is 12.1 Å². The maximum Gasteiger partial charge on any atom is 0.178 e. The molecule has 0 spiro atoms. The van der Waals surface area contributed by atoms with Crippen LogP contribution in [0.5, 0.6) is 5.75 Å². The monoisotopic (exact) mass is 428 g/mol. The fourth-order valence-electron chi connectivity index (χ4n) is 7.18. The largest absolute Gasteiger partial charge is 0.507 e. The predicted octanol–water partition coefficient (Wildman–Crippen LogP) is 6.41. The maximum absolute atomic E-state index is 12.3. The van der Waals surface area contributed by atoms with Crippen LogP contribution in [0.1, 0.15) is 52.4 Å². The van der Waals surface area contributed by atoms with Gasteiger partial charge in [0.2, 0.25) is 0 Å². The van der Waals surface area contributed by atoms with Crippen LogP contribution in [0.2, 0.25) is 0 Å². The molecule has 0 radical (unpaired) electrons. The lowest BCUT2D eigenvalue weighted by Gasteiger charge is -2.55. The fourth-order valence-corrected chi connectivity index (χ4v) is 7.18. The Hall–Kier alpha value is -2.68. The van der Waals surface area contributed by atoms with E-state index in [1.807, 2.05) is 42.5 Å². The van der Waals surface area contributed by atoms with Crippen molar-refractivity contribution in [3.8, 4) is 5.75 Å². The molecule has 3 fully saturated rings. The average molecular weight is 429 g/mol. The molecule has 0 aliphatic heterocycles. The summed E-state index contributed by atoms with van der Waals surface area (Å²) in [6.07, 6.45) is 12.1. The molecule has 0 bridgehead atoms. The number of allylic oxidation sites excluding steroid dienone is 4. The molecule has 166 valence electrons. The zero-order valence-electron chi connectivity index (χ0n) is 19.0. The minimum atomic E-state index is -0.0487. The molecule has 6 rings (SSSR count). The minimum Gasteiger partial charge on any atom is -0.507 e. The standard InChI is InChI=1S/C19H24O2.C10H8O/c1-18-9-7-13(20)11-12(18)3-4-14-15-5-6-17(21)19(15,2)10-8-16(14)18;11-10-7-3-5-8-4-1-2-6-9(8)10/h7,9,11,14-16H,3-6,8,10H2,1-2H3;1-7,11H/t14-,15-,16-,18-,19-;/m0./s1. The third-order valence-corrected chi connectivity index (χ3v) is 9.03. The van der Waals surface area contributed by atoms with E-state index in [9.17, 15) is 14.7 Å². The number of ketones is 2. The first-order valence-corrected chi connectivity index (χ1v) is 12.0. The molecule has 3 heteroatoms. The second-order valence-corrected chi connectivity index (χ2v) is 10.5. The SMILES string of the molecule is C[C@]12C=CC(=O)C=C1CC[C@@H]1[C@@H]2CC[C@]2(C)C(=O)CC[C@@H]12.Oc1cccc2ccccc12. The highest BCUT2D eigenvalue weighted by atomic mass is 16.3. The number of aromatic hydroxyl groups is 1. The number of phenolic OH excluding ortho intramolecular Hbond substituents is 1. The van der Waals surface area contributed by atoms with Crippen LogP contribution in [0.15, 0.2) is 66.3 Å². The summed E-state index contributed by atoms with van der Waals surface area (Å²) < 4.78 is 0. The molecule has 3 saturated carbocycles. The van der Waals surface area contributed by atoms with Crippen molar-refractivity contribution in [3.63, 3.8) is 0 Å². The number of carbonyl (C=O) groups is 2. The Balaban J connectivity index is 0.000000165. The number of phenols is 1. The van der Waals surface area contributed by atoms with Crippen LogP contribution in [0.3, 0.4) is 0 Å². The number of hydrogen-bond acceptors (Lipinski definition) is 3. The van der Waals surface area contributed by atoms with Crippen molar-refractivity contribution in [2.75, 3.05) is 0 Å². The molecule has 3 nitrogen and oxygen atoms in total. The van der Waals surface area contributed by atoms with E-state index in [1.165, 1.54) is 12.0 Å². The van der Waals surface area contributed by atoms with Crippen molar-refractivity contribution < 1.29 is 14.7 Å².